The molecule has 0 fully saturated rings. The van der Waals surface area contributed by atoms with Crippen molar-refractivity contribution >= 4 is 33.2 Å². The molecule has 19 heavy (non-hydrogen) atoms. The molecule has 1 atom stereocenters. The second-order valence-electron chi connectivity index (χ2n) is 4.36. The van der Waals surface area contributed by atoms with Crippen molar-refractivity contribution < 1.29 is 0 Å². The van der Waals surface area contributed by atoms with Crippen LogP contribution in [0.5, 0.6) is 0 Å². The van der Waals surface area contributed by atoms with Crippen molar-refractivity contribution in [3.8, 4) is 0 Å². The van der Waals surface area contributed by atoms with Gasteiger partial charge in [-0.3, -0.25) is 0 Å². The van der Waals surface area contributed by atoms with Gasteiger partial charge in [-0.25, -0.2) is 4.98 Å². The average Bonchev–Trinajstić information content (AvgIpc) is 2.83. The highest BCUT2D eigenvalue weighted by Crippen LogP contribution is 2.32. The summed E-state index contributed by atoms with van der Waals surface area (Å²) in [4.78, 5) is 4.68. The van der Waals surface area contributed by atoms with Gasteiger partial charge < -0.3 is 5.73 Å². The Bertz CT molecular complexity index is 694. The highest BCUT2D eigenvalue weighted by Gasteiger charge is 2.16. The molecule has 1 heterocycles. The number of thiazole rings is 1. The second kappa shape index (κ2) is 5.29. The highest BCUT2D eigenvalue weighted by atomic mass is 35.5. The molecule has 0 saturated heterocycles. The minimum absolute atomic E-state index is 0.150. The van der Waals surface area contributed by atoms with E-state index in [-0.39, 0.29) is 5.92 Å². The summed E-state index contributed by atoms with van der Waals surface area (Å²) in [5.74, 6) is 0.150. The average molecular weight is 289 g/mol. The van der Waals surface area contributed by atoms with Crippen LogP contribution in [0.25, 0.3) is 10.2 Å². The molecule has 3 rings (SSSR count). The van der Waals surface area contributed by atoms with E-state index in [4.69, 9.17) is 17.3 Å². The number of benzene rings is 2. The maximum Gasteiger partial charge on any atom is 0.103 e. The third-order valence-corrected chi connectivity index (χ3v) is 4.49. The minimum Gasteiger partial charge on any atom is -0.329 e. The normalized spacial score (nSPS) is 12.7. The monoisotopic (exact) mass is 288 g/mol. The fourth-order valence-electron chi connectivity index (χ4n) is 2.13. The number of nitrogens with two attached hydrogens (primary N) is 1. The smallest absolute Gasteiger partial charge is 0.103 e. The lowest BCUT2D eigenvalue weighted by molar-refractivity contribution is 0.812. The van der Waals surface area contributed by atoms with E-state index in [1.165, 1.54) is 5.56 Å². The molecule has 0 amide bonds. The number of hydrogen-bond acceptors (Lipinski definition) is 3. The zero-order chi connectivity index (χ0) is 13.2. The molecule has 0 saturated carbocycles. The third kappa shape index (κ3) is 2.50. The van der Waals surface area contributed by atoms with Gasteiger partial charge in [0.15, 0.2) is 0 Å². The molecule has 2 N–H and O–H groups in total. The van der Waals surface area contributed by atoms with Crippen LogP contribution in [0.1, 0.15) is 16.5 Å². The third-order valence-electron chi connectivity index (χ3n) is 3.10. The Morgan fingerprint density at radius 2 is 1.95 bits per heavy atom. The molecule has 0 spiro atoms. The standard InChI is InChI=1S/C15H13ClN2S/c16-11-6-7-14-13(8-11)18-15(19-14)12(9-17)10-4-2-1-3-5-10/h1-8,12H,9,17H2. The number of hydrogen-bond donors (Lipinski definition) is 1. The zero-order valence-corrected chi connectivity index (χ0v) is 11.8. The molecule has 4 heteroatoms. The lowest BCUT2D eigenvalue weighted by Crippen LogP contribution is -2.13. The lowest BCUT2D eigenvalue weighted by atomic mass is 10.0. The largest absolute Gasteiger partial charge is 0.329 e. The Balaban J connectivity index is 2.07. The van der Waals surface area contributed by atoms with Gasteiger partial charge in [0.2, 0.25) is 0 Å². The Labute approximate surface area is 120 Å². The van der Waals surface area contributed by atoms with Gasteiger partial charge in [-0.05, 0) is 23.8 Å². The first kappa shape index (κ1) is 12.6. The fourth-order valence-corrected chi connectivity index (χ4v) is 3.39. The van der Waals surface area contributed by atoms with E-state index >= 15 is 0 Å². The summed E-state index contributed by atoms with van der Waals surface area (Å²) in [6.07, 6.45) is 0. The number of rotatable bonds is 3. The fraction of sp³-hybridized carbons (Fsp3) is 0.133. The van der Waals surface area contributed by atoms with Crippen LogP contribution in [-0.2, 0) is 0 Å². The summed E-state index contributed by atoms with van der Waals surface area (Å²) in [6.45, 7) is 0.553. The van der Waals surface area contributed by atoms with Crippen LogP contribution in [-0.4, -0.2) is 11.5 Å². The summed E-state index contributed by atoms with van der Waals surface area (Å²) < 4.78 is 1.15. The van der Waals surface area contributed by atoms with Gasteiger partial charge in [0.1, 0.15) is 5.01 Å². The van der Waals surface area contributed by atoms with Gasteiger partial charge in [0, 0.05) is 17.5 Å². The van der Waals surface area contributed by atoms with Crippen molar-refractivity contribution in [1.82, 2.24) is 4.98 Å². The second-order valence-corrected chi connectivity index (χ2v) is 5.86. The van der Waals surface area contributed by atoms with Crippen LogP contribution in [0.4, 0.5) is 0 Å². The number of halogens is 1. The van der Waals surface area contributed by atoms with Crippen molar-refractivity contribution in [1.29, 1.82) is 0 Å². The quantitative estimate of drug-likeness (QED) is 0.790. The number of nitrogens with zero attached hydrogens (tertiary/aromatic N) is 1. The summed E-state index contributed by atoms with van der Waals surface area (Å²) in [5.41, 5.74) is 8.08. The van der Waals surface area contributed by atoms with E-state index < -0.39 is 0 Å². The van der Waals surface area contributed by atoms with E-state index in [2.05, 4.69) is 17.1 Å². The van der Waals surface area contributed by atoms with Crippen LogP contribution in [0, 0.1) is 0 Å². The molecule has 3 aromatic rings. The van der Waals surface area contributed by atoms with Crippen LogP contribution >= 0.6 is 22.9 Å². The molecular weight excluding hydrogens is 276 g/mol. The highest BCUT2D eigenvalue weighted by molar-refractivity contribution is 7.18. The van der Waals surface area contributed by atoms with Crippen LogP contribution in [0.2, 0.25) is 5.02 Å². The van der Waals surface area contributed by atoms with Crippen molar-refractivity contribution in [2.24, 2.45) is 5.73 Å². The van der Waals surface area contributed by atoms with Crippen molar-refractivity contribution in [3.05, 3.63) is 64.1 Å². The topological polar surface area (TPSA) is 38.9 Å². The van der Waals surface area contributed by atoms with Gasteiger partial charge in [-0.2, -0.15) is 0 Å². The lowest BCUT2D eigenvalue weighted by Gasteiger charge is -2.11. The van der Waals surface area contributed by atoms with Crippen molar-refractivity contribution in [2.75, 3.05) is 6.54 Å². The molecular formula is C15H13ClN2S. The first-order chi connectivity index (χ1) is 9.28. The Morgan fingerprint density at radius 1 is 1.16 bits per heavy atom. The van der Waals surface area contributed by atoms with Crippen LogP contribution < -0.4 is 5.73 Å². The molecule has 2 nitrogen and oxygen atoms in total. The summed E-state index contributed by atoms with van der Waals surface area (Å²) in [6, 6.07) is 16.1. The molecule has 0 radical (unpaired) electrons. The number of aromatic nitrogens is 1. The molecule has 2 aromatic carbocycles. The van der Waals surface area contributed by atoms with E-state index in [0.717, 1.165) is 15.2 Å². The first-order valence-corrected chi connectivity index (χ1v) is 7.28. The molecule has 1 aromatic heterocycles. The number of fused-ring (bicyclic) bond motifs is 1. The summed E-state index contributed by atoms with van der Waals surface area (Å²) >= 11 is 7.68. The Morgan fingerprint density at radius 3 is 2.68 bits per heavy atom. The zero-order valence-electron chi connectivity index (χ0n) is 10.2. The van der Waals surface area contributed by atoms with Gasteiger partial charge in [-0.15, -0.1) is 11.3 Å². The SMILES string of the molecule is NCC(c1ccccc1)c1nc2cc(Cl)ccc2s1. The maximum absolute atomic E-state index is 6.00. The predicted molar refractivity (Wildman–Crippen MR) is 82.0 cm³/mol. The Hall–Kier alpha value is -1.42. The van der Waals surface area contributed by atoms with Crippen molar-refractivity contribution in [3.63, 3.8) is 0 Å². The molecule has 0 aliphatic carbocycles. The maximum atomic E-state index is 6.00. The minimum atomic E-state index is 0.150. The van der Waals surface area contributed by atoms with E-state index in [0.29, 0.717) is 11.6 Å². The summed E-state index contributed by atoms with van der Waals surface area (Å²) in [5, 5.41) is 1.76. The first-order valence-electron chi connectivity index (χ1n) is 6.09. The van der Waals surface area contributed by atoms with E-state index in [1.807, 2.05) is 36.4 Å². The van der Waals surface area contributed by atoms with E-state index in [9.17, 15) is 0 Å². The van der Waals surface area contributed by atoms with Gasteiger partial charge in [0.25, 0.3) is 0 Å². The molecule has 1 unspecified atom stereocenters. The predicted octanol–water partition coefficient (Wildman–Crippen LogP) is 4.04. The molecule has 0 bridgehead atoms. The van der Waals surface area contributed by atoms with Crippen LogP contribution in [0.15, 0.2) is 48.5 Å². The molecule has 0 aliphatic heterocycles. The van der Waals surface area contributed by atoms with Crippen LogP contribution in [0.3, 0.4) is 0 Å². The molecule has 96 valence electrons. The Kier molecular flexibility index (Phi) is 3.51. The van der Waals surface area contributed by atoms with Gasteiger partial charge in [-0.1, -0.05) is 41.9 Å². The van der Waals surface area contributed by atoms with Gasteiger partial charge >= 0.3 is 0 Å². The van der Waals surface area contributed by atoms with Crippen molar-refractivity contribution in [2.45, 2.75) is 5.92 Å². The van der Waals surface area contributed by atoms with E-state index in [1.54, 1.807) is 11.3 Å². The molecule has 0 aliphatic rings. The van der Waals surface area contributed by atoms with Gasteiger partial charge in [0.05, 0.1) is 10.2 Å². The summed E-state index contributed by atoms with van der Waals surface area (Å²) in [7, 11) is 0.